The topological polar surface area (TPSA) is 131 Å². The lowest BCUT2D eigenvalue weighted by atomic mass is 10.1. The van der Waals surface area contributed by atoms with Gasteiger partial charge in [0.25, 0.3) is 0 Å². The van der Waals surface area contributed by atoms with Gasteiger partial charge < -0.3 is 29.2 Å². The van der Waals surface area contributed by atoms with E-state index in [1.165, 1.54) is 0 Å². The quantitative estimate of drug-likeness (QED) is 0.191. The van der Waals surface area contributed by atoms with Crippen molar-refractivity contribution in [3.05, 3.63) is 78.0 Å². The molecule has 5 rings (SSSR count). The van der Waals surface area contributed by atoms with Crippen LogP contribution in [0.25, 0.3) is 33.2 Å². The first-order chi connectivity index (χ1) is 18.7. The summed E-state index contributed by atoms with van der Waals surface area (Å²) in [5, 5.41) is 4.32. The minimum atomic E-state index is -0.429. The first kappa shape index (κ1) is 28.7. The highest BCUT2D eigenvalue weighted by atomic mass is 16.7. The van der Waals surface area contributed by atoms with Crippen molar-refractivity contribution in [3.8, 4) is 28.4 Å². The van der Waals surface area contributed by atoms with E-state index in [0.29, 0.717) is 23.0 Å². The van der Waals surface area contributed by atoms with Gasteiger partial charge in [0.1, 0.15) is 11.4 Å². The summed E-state index contributed by atoms with van der Waals surface area (Å²) in [5.74, 6) is 2.55. The summed E-state index contributed by atoms with van der Waals surface area (Å²) in [5.41, 5.74) is 8.55. The Morgan fingerprint density at radius 2 is 1.38 bits per heavy atom. The lowest BCUT2D eigenvalue weighted by molar-refractivity contribution is -0.00229. The van der Waals surface area contributed by atoms with Gasteiger partial charge >= 0.3 is 0 Å². The Bertz CT molecular complexity index is 1530. The molecule has 0 spiro atoms. The minimum Gasteiger partial charge on any atom is -0.493 e. The summed E-state index contributed by atoms with van der Waals surface area (Å²) in [6.45, 7) is 5.28. The number of furan rings is 1. The Morgan fingerprint density at radius 3 is 2.00 bits per heavy atom. The van der Waals surface area contributed by atoms with Crippen LogP contribution in [0.15, 0.2) is 82.8 Å². The van der Waals surface area contributed by atoms with Crippen molar-refractivity contribution in [2.45, 2.75) is 26.4 Å². The van der Waals surface area contributed by atoms with Gasteiger partial charge in [-0.2, -0.15) is 0 Å². The maximum Gasteiger partial charge on any atom is 0.227 e. The number of nitrogen functional groups attached to an aromatic ring is 1. The van der Waals surface area contributed by atoms with Crippen LogP contribution in [0.4, 0.5) is 5.82 Å². The van der Waals surface area contributed by atoms with E-state index in [0.717, 1.165) is 33.2 Å². The van der Waals surface area contributed by atoms with Crippen molar-refractivity contribution in [1.82, 2.24) is 9.97 Å². The standard InChI is InChI=1S/C13H14N2O2.C12H9NO2.C4H9NO2/c1-16-11-7-3-5-9(12(11)17-2)10-6-4-8-15-13(10)14;1-14-10-6-2-4-8-9-5-3-7-13-12(9)15-11(8)10;1-4(2,3)7-5-6/h3-8H,1-2H3,(H2,14,15);2-7H,1H3;1-3H3. The third-order valence-electron chi connectivity index (χ3n) is 5.30. The number of nitrogens with two attached hydrogens (primary N) is 1. The first-order valence-corrected chi connectivity index (χ1v) is 12.0. The normalized spacial score (nSPS) is 10.5. The van der Waals surface area contributed by atoms with Crippen LogP contribution in [0.1, 0.15) is 20.8 Å². The summed E-state index contributed by atoms with van der Waals surface area (Å²) in [6.07, 6.45) is 3.38. The molecule has 3 heterocycles. The molecule has 10 nitrogen and oxygen atoms in total. The van der Waals surface area contributed by atoms with Crippen LogP contribution in [-0.2, 0) is 4.84 Å². The third kappa shape index (κ3) is 7.13. The lowest BCUT2D eigenvalue weighted by Crippen LogP contribution is -2.14. The Hall–Kier alpha value is -4.86. The maximum atomic E-state index is 9.35. The second-order valence-corrected chi connectivity index (χ2v) is 9.05. The third-order valence-corrected chi connectivity index (χ3v) is 5.30. The van der Waals surface area contributed by atoms with Gasteiger partial charge in [-0.1, -0.05) is 24.3 Å². The van der Waals surface area contributed by atoms with Gasteiger partial charge in [0.15, 0.2) is 28.2 Å². The van der Waals surface area contributed by atoms with Gasteiger partial charge in [0.2, 0.25) is 5.71 Å². The summed E-state index contributed by atoms with van der Waals surface area (Å²) < 4.78 is 21.5. The molecule has 0 saturated heterocycles. The van der Waals surface area contributed by atoms with E-state index < -0.39 is 5.60 Å². The molecule has 0 aliphatic rings. The van der Waals surface area contributed by atoms with E-state index in [1.807, 2.05) is 60.7 Å². The molecule has 0 atom stereocenters. The Balaban J connectivity index is 0.000000176. The van der Waals surface area contributed by atoms with Crippen LogP contribution in [-0.4, -0.2) is 36.9 Å². The molecule has 0 saturated carbocycles. The first-order valence-electron chi connectivity index (χ1n) is 12.0. The summed E-state index contributed by atoms with van der Waals surface area (Å²) >= 11 is 0. The van der Waals surface area contributed by atoms with Gasteiger partial charge in [-0.25, -0.2) is 9.97 Å². The largest absolute Gasteiger partial charge is 0.493 e. The van der Waals surface area contributed by atoms with Gasteiger partial charge in [0, 0.05) is 34.3 Å². The van der Waals surface area contributed by atoms with Crippen LogP contribution in [0, 0.1) is 4.91 Å². The number of pyridine rings is 2. The molecule has 39 heavy (non-hydrogen) atoms. The van der Waals surface area contributed by atoms with Crippen molar-refractivity contribution in [1.29, 1.82) is 0 Å². The van der Waals surface area contributed by atoms with Gasteiger partial charge in [0.05, 0.1) is 21.3 Å². The molecule has 0 unspecified atom stereocenters. The molecular weight excluding hydrogens is 500 g/mol. The maximum absolute atomic E-state index is 9.35. The summed E-state index contributed by atoms with van der Waals surface area (Å²) in [7, 11) is 4.84. The van der Waals surface area contributed by atoms with E-state index >= 15 is 0 Å². The van der Waals surface area contributed by atoms with Crippen molar-refractivity contribution in [2.24, 2.45) is 5.34 Å². The highest BCUT2D eigenvalue weighted by molar-refractivity contribution is 6.05. The van der Waals surface area contributed by atoms with E-state index in [-0.39, 0.29) is 0 Å². The molecule has 0 fully saturated rings. The number of methoxy groups -OCH3 is 3. The number of rotatable bonds is 5. The number of fused-ring (bicyclic) bond motifs is 3. The minimum absolute atomic E-state index is 0.429. The Kier molecular flexibility index (Phi) is 9.63. The molecule has 5 aromatic rings. The van der Waals surface area contributed by atoms with E-state index in [2.05, 4.69) is 20.1 Å². The number of ether oxygens (including phenoxy) is 3. The number of benzene rings is 2. The van der Waals surface area contributed by atoms with Crippen molar-refractivity contribution >= 4 is 27.9 Å². The van der Waals surface area contributed by atoms with Crippen LogP contribution in [0.3, 0.4) is 0 Å². The SMILES string of the molecule is CC(C)(C)ON=O.COc1cccc(-c2cccnc2N)c1OC.COc1cccc2c1oc1ncccc12. The predicted molar refractivity (Wildman–Crippen MR) is 152 cm³/mol. The second kappa shape index (κ2) is 13.1. The fourth-order valence-corrected chi connectivity index (χ4v) is 3.62. The molecule has 0 bridgehead atoms. The number of para-hydroxylation sites is 2. The predicted octanol–water partition coefficient (Wildman–Crippen LogP) is 6.82. The van der Waals surface area contributed by atoms with Crippen molar-refractivity contribution in [2.75, 3.05) is 27.1 Å². The summed E-state index contributed by atoms with van der Waals surface area (Å²) in [6, 6.07) is 19.1. The smallest absolute Gasteiger partial charge is 0.227 e. The van der Waals surface area contributed by atoms with E-state index in [1.54, 1.807) is 54.5 Å². The van der Waals surface area contributed by atoms with Gasteiger partial charge in [-0.3, -0.25) is 0 Å². The average molecular weight is 533 g/mol. The number of hydrogen-bond acceptors (Lipinski definition) is 10. The Morgan fingerprint density at radius 1 is 0.769 bits per heavy atom. The number of aromatic nitrogens is 2. The van der Waals surface area contributed by atoms with Gasteiger partial charge in [-0.15, -0.1) is 4.91 Å². The zero-order valence-electron chi connectivity index (χ0n) is 22.8. The molecule has 0 aliphatic heterocycles. The number of nitrogens with zero attached hydrogens (tertiary/aromatic N) is 3. The highest BCUT2D eigenvalue weighted by Crippen LogP contribution is 2.39. The lowest BCUT2D eigenvalue weighted by Gasteiger charge is -2.13. The second-order valence-electron chi connectivity index (χ2n) is 9.05. The van der Waals surface area contributed by atoms with E-state index in [9.17, 15) is 4.91 Å². The van der Waals surface area contributed by atoms with Crippen LogP contribution in [0.5, 0.6) is 17.2 Å². The average Bonchev–Trinajstić information content (AvgIpc) is 3.32. The molecular formula is C29H32N4O6. The molecule has 10 heteroatoms. The van der Waals surface area contributed by atoms with Crippen LogP contribution in [0.2, 0.25) is 0 Å². The fourth-order valence-electron chi connectivity index (χ4n) is 3.62. The van der Waals surface area contributed by atoms with Crippen molar-refractivity contribution < 1.29 is 23.5 Å². The molecule has 2 N–H and O–H groups in total. The molecule has 204 valence electrons. The zero-order valence-corrected chi connectivity index (χ0v) is 22.8. The zero-order chi connectivity index (χ0) is 28.4. The Labute approximate surface area is 226 Å². The number of anilines is 1. The van der Waals surface area contributed by atoms with E-state index in [4.69, 9.17) is 24.4 Å². The molecule has 0 radical (unpaired) electrons. The van der Waals surface area contributed by atoms with Crippen LogP contribution < -0.4 is 19.9 Å². The van der Waals surface area contributed by atoms with Crippen molar-refractivity contribution in [3.63, 3.8) is 0 Å². The monoisotopic (exact) mass is 532 g/mol. The molecule has 0 amide bonds. The summed E-state index contributed by atoms with van der Waals surface area (Å²) in [4.78, 5) is 21.9. The van der Waals surface area contributed by atoms with Gasteiger partial charge in [-0.05, 0) is 57.2 Å². The molecule has 3 aromatic heterocycles. The highest BCUT2D eigenvalue weighted by Gasteiger charge is 2.14. The molecule has 2 aromatic carbocycles. The molecule has 0 aliphatic carbocycles. The fraction of sp³-hybridized carbons (Fsp3) is 0.241. The van der Waals surface area contributed by atoms with Crippen LogP contribution >= 0.6 is 0 Å². The number of hydrogen-bond donors (Lipinski definition) is 1.